The van der Waals surface area contributed by atoms with Crippen molar-refractivity contribution < 1.29 is 22.7 Å². The first-order valence-electron chi connectivity index (χ1n) is 6.94. The molecule has 2 rings (SSSR count). The Hall–Kier alpha value is -2.87. The van der Waals surface area contributed by atoms with Crippen molar-refractivity contribution in [2.75, 3.05) is 22.9 Å². The van der Waals surface area contributed by atoms with Crippen LogP contribution >= 0.6 is 0 Å². The van der Waals surface area contributed by atoms with Crippen molar-refractivity contribution in [1.29, 1.82) is 0 Å². The van der Waals surface area contributed by atoms with Gasteiger partial charge in [0.2, 0.25) is 10.0 Å². The van der Waals surface area contributed by atoms with E-state index < -0.39 is 28.5 Å². The van der Waals surface area contributed by atoms with E-state index in [1.54, 1.807) is 42.5 Å². The highest BCUT2D eigenvalue weighted by atomic mass is 32.2. The van der Waals surface area contributed by atoms with Crippen LogP contribution in [-0.4, -0.2) is 33.2 Å². The number of carbonyl (C=O) groups excluding carboxylic acids is 2. The van der Waals surface area contributed by atoms with Crippen LogP contribution in [0.5, 0.6) is 0 Å². The molecule has 0 aliphatic rings. The molecule has 0 atom stereocenters. The minimum absolute atomic E-state index is 0.0236. The lowest BCUT2D eigenvalue weighted by Gasteiger charge is -2.10. The van der Waals surface area contributed by atoms with Crippen molar-refractivity contribution in [2.24, 2.45) is 0 Å². The summed E-state index contributed by atoms with van der Waals surface area (Å²) in [7, 11) is -3.54. The van der Waals surface area contributed by atoms with E-state index in [9.17, 15) is 18.0 Å². The van der Waals surface area contributed by atoms with Gasteiger partial charge in [0.15, 0.2) is 6.61 Å². The Kier molecular flexibility index (Phi) is 5.54. The Morgan fingerprint density at radius 2 is 1.62 bits per heavy atom. The van der Waals surface area contributed by atoms with E-state index in [2.05, 4.69) is 10.0 Å². The Morgan fingerprint density at radius 1 is 1.00 bits per heavy atom. The zero-order valence-electron chi connectivity index (χ0n) is 12.9. The minimum Gasteiger partial charge on any atom is -0.452 e. The molecule has 0 aromatic heterocycles. The number of esters is 1. The molecule has 24 heavy (non-hydrogen) atoms. The van der Waals surface area contributed by atoms with Crippen molar-refractivity contribution >= 4 is 33.3 Å². The van der Waals surface area contributed by atoms with E-state index in [1.165, 1.54) is 12.1 Å². The molecule has 2 aromatic carbocycles. The summed E-state index contributed by atoms with van der Waals surface area (Å²) in [4.78, 5) is 23.8. The van der Waals surface area contributed by atoms with Crippen LogP contribution in [0.3, 0.4) is 0 Å². The summed E-state index contributed by atoms with van der Waals surface area (Å²) in [5, 5.41) is 2.57. The molecule has 0 bridgehead atoms. The van der Waals surface area contributed by atoms with E-state index in [0.29, 0.717) is 5.69 Å². The van der Waals surface area contributed by atoms with Gasteiger partial charge in [-0.05, 0) is 24.3 Å². The zero-order chi connectivity index (χ0) is 17.6. The van der Waals surface area contributed by atoms with E-state index in [4.69, 9.17) is 4.74 Å². The molecule has 7 nitrogen and oxygen atoms in total. The molecule has 0 aliphatic carbocycles. The number of benzene rings is 2. The molecule has 126 valence electrons. The van der Waals surface area contributed by atoms with E-state index in [0.717, 1.165) is 6.26 Å². The highest BCUT2D eigenvalue weighted by molar-refractivity contribution is 7.92. The van der Waals surface area contributed by atoms with Crippen LogP contribution in [-0.2, 0) is 19.6 Å². The quantitative estimate of drug-likeness (QED) is 0.776. The monoisotopic (exact) mass is 348 g/mol. The fourth-order valence-corrected chi connectivity index (χ4v) is 2.45. The molecular weight excluding hydrogens is 332 g/mol. The zero-order valence-corrected chi connectivity index (χ0v) is 13.7. The van der Waals surface area contributed by atoms with Gasteiger partial charge in [-0.3, -0.25) is 9.52 Å². The van der Waals surface area contributed by atoms with Gasteiger partial charge in [-0.2, -0.15) is 0 Å². The molecule has 0 saturated heterocycles. The van der Waals surface area contributed by atoms with Crippen molar-refractivity contribution in [2.45, 2.75) is 0 Å². The molecule has 0 radical (unpaired) electrons. The van der Waals surface area contributed by atoms with E-state index in [1.807, 2.05) is 0 Å². The number of hydrogen-bond acceptors (Lipinski definition) is 5. The summed E-state index contributed by atoms with van der Waals surface area (Å²) in [6, 6.07) is 14.7. The van der Waals surface area contributed by atoms with Crippen LogP contribution in [0, 0.1) is 0 Å². The summed E-state index contributed by atoms with van der Waals surface area (Å²) in [6.07, 6.45) is 0.975. The van der Waals surface area contributed by atoms with Gasteiger partial charge in [-0.25, -0.2) is 13.2 Å². The molecule has 0 saturated carbocycles. The van der Waals surface area contributed by atoms with Crippen molar-refractivity contribution in [3.8, 4) is 0 Å². The Balaban J connectivity index is 1.99. The molecule has 0 heterocycles. The first-order chi connectivity index (χ1) is 11.3. The summed E-state index contributed by atoms with van der Waals surface area (Å²) < 4.78 is 29.8. The lowest BCUT2D eigenvalue weighted by molar-refractivity contribution is -0.119. The van der Waals surface area contributed by atoms with Gasteiger partial charge in [0.1, 0.15) is 0 Å². The topological polar surface area (TPSA) is 102 Å². The second-order valence-electron chi connectivity index (χ2n) is 4.91. The Morgan fingerprint density at radius 3 is 2.29 bits per heavy atom. The molecule has 8 heteroatoms. The first kappa shape index (κ1) is 17.5. The van der Waals surface area contributed by atoms with Gasteiger partial charge in [-0.15, -0.1) is 0 Å². The number of amides is 1. The van der Waals surface area contributed by atoms with Crippen LogP contribution in [0.2, 0.25) is 0 Å². The number of ether oxygens (including phenoxy) is 1. The molecule has 2 N–H and O–H groups in total. The summed E-state index contributed by atoms with van der Waals surface area (Å²) in [5.41, 5.74) is 0.696. The predicted octanol–water partition coefficient (Wildman–Crippen LogP) is 1.85. The summed E-state index contributed by atoms with van der Waals surface area (Å²) in [6.45, 7) is -0.485. The van der Waals surface area contributed by atoms with Gasteiger partial charge in [0, 0.05) is 5.69 Å². The van der Waals surface area contributed by atoms with Gasteiger partial charge < -0.3 is 10.1 Å². The van der Waals surface area contributed by atoms with Gasteiger partial charge in [-0.1, -0.05) is 30.3 Å². The first-order valence-corrected chi connectivity index (χ1v) is 8.83. The lowest BCUT2D eigenvalue weighted by Crippen LogP contribution is -2.21. The van der Waals surface area contributed by atoms with E-state index >= 15 is 0 Å². The average Bonchev–Trinajstić information content (AvgIpc) is 2.52. The number of para-hydroxylation sites is 2. The number of nitrogens with one attached hydrogen (secondary N) is 2. The smallest absolute Gasteiger partial charge is 0.340 e. The van der Waals surface area contributed by atoms with Crippen LogP contribution in [0.15, 0.2) is 54.6 Å². The summed E-state index contributed by atoms with van der Waals surface area (Å²) >= 11 is 0. The van der Waals surface area contributed by atoms with Crippen molar-refractivity contribution in [3.63, 3.8) is 0 Å². The number of rotatable bonds is 6. The molecular formula is C16H16N2O5S. The maximum absolute atomic E-state index is 12.1. The molecule has 0 fully saturated rings. The number of hydrogen-bond donors (Lipinski definition) is 2. The maximum atomic E-state index is 12.1. The number of sulfonamides is 1. The molecule has 0 unspecified atom stereocenters. The number of carbonyl (C=O) groups is 2. The standard InChI is InChI=1S/C16H16N2O5S/c1-24(21,22)18-14-10-6-5-9-13(14)16(20)23-11-15(19)17-12-7-3-2-4-8-12/h2-10,18H,11H2,1H3,(H,17,19). The third kappa shape index (κ3) is 5.40. The van der Waals surface area contributed by atoms with Crippen molar-refractivity contribution in [1.82, 2.24) is 0 Å². The van der Waals surface area contributed by atoms with Gasteiger partial charge in [0.25, 0.3) is 5.91 Å². The second kappa shape index (κ2) is 7.60. The van der Waals surface area contributed by atoms with Crippen LogP contribution in [0.4, 0.5) is 11.4 Å². The molecule has 1 amide bonds. The van der Waals surface area contributed by atoms with Gasteiger partial charge >= 0.3 is 5.97 Å². The van der Waals surface area contributed by atoms with Gasteiger partial charge in [0.05, 0.1) is 17.5 Å². The predicted molar refractivity (Wildman–Crippen MR) is 90.3 cm³/mol. The normalized spacial score (nSPS) is 10.7. The van der Waals surface area contributed by atoms with Crippen LogP contribution in [0.1, 0.15) is 10.4 Å². The fourth-order valence-electron chi connectivity index (χ4n) is 1.88. The lowest BCUT2D eigenvalue weighted by atomic mass is 10.2. The Labute approximate surface area is 139 Å². The minimum atomic E-state index is -3.54. The summed E-state index contributed by atoms with van der Waals surface area (Å²) in [5.74, 6) is -1.30. The third-order valence-corrected chi connectivity index (χ3v) is 3.42. The van der Waals surface area contributed by atoms with Crippen molar-refractivity contribution in [3.05, 3.63) is 60.2 Å². The molecule has 0 spiro atoms. The highest BCUT2D eigenvalue weighted by Gasteiger charge is 2.16. The van der Waals surface area contributed by atoms with E-state index in [-0.39, 0.29) is 11.3 Å². The fraction of sp³-hybridized carbons (Fsp3) is 0.125. The largest absolute Gasteiger partial charge is 0.452 e. The highest BCUT2D eigenvalue weighted by Crippen LogP contribution is 2.17. The third-order valence-electron chi connectivity index (χ3n) is 2.83. The van der Waals surface area contributed by atoms with Crippen LogP contribution in [0.25, 0.3) is 0 Å². The Bertz CT molecular complexity index is 835. The van der Waals surface area contributed by atoms with Crippen LogP contribution < -0.4 is 10.0 Å². The maximum Gasteiger partial charge on any atom is 0.340 e. The second-order valence-corrected chi connectivity index (χ2v) is 6.66. The number of anilines is 2. The SMILES string of the molecule is CS(=O)(=O)Nc1ccccc1C(=O)OCC(=O)Nc1ccccc1. The molecule has 0 aliphatic heterocycles. The average molecular weight is 348 g/mol. The molecule has 2 aromatic rings.